The molecule has 1 atom stereocenters. The van der Waals surface area contributed by atoms with E-state index in [1.807, 2.05) is 11.8 Å². The van der Waals surface area contributed by atoms with E-state index in [4.69, 9.17) is 5.14 Å². The zero-order valence-electron chi connectivity index (χ0n) is 10.2. The minimum atomic E-state index is -3.59. The van der Waals surface area contributed by atoms with Crippen LogP contribution in [0.2, 0.25) is 0 Å². The Bertz CT molecular complexity index is 407. The predicted molar refractivity (Wildman–Crippen MR) is 71.9 cm³/mol. The van der Waals surface area contributed by atoms with Crippen LogP contribution < -0.4 is 5.14 Å². The molecule has 0 aliphatic carbocycles. The second-order valence-corrected chi connectivity index (χ2v) is 7.78. The Hall–Kier alpha value is -0.310. The fourth-order valence-corrected chi connectivity index (χ4v) is 4.00. The normalized spacial score (nSPS) is 26.8. The van der Waals surface area contributed by atoms with E-state index in [0.717, 1.165) is 31.1 Å². The molecule has 2 heterocycles. The summed E-state index contributed by atoms with van der Waals surface area (Å²) in [6.45, 7) is 3.77. The second kappa shape index (κ2) is 5.77. The van der Waals surface area contributed by atoms with Crippen LogP contribution in [-0.4, -0.2) is 73.6 Å². The van der Waals surface area contributed by atoms with Gasteiger partial charge in [0, 0.05) is 50.7 Å². The number of amides is 1. The first-order valence-electron chi connectivity index (χ1n) is 6.06. The maximum atomic E-state index is 11.7. The van der Waals surface area contributed by atoms with Crippen LogP contribution in [0.15, 0.2) is 0 Å². The van der Waals surface area contributed by atoms with Gasteiger partial charge in [0.2, 0.25) is 15.9 Å². The van der Waals surface area contributed by atoms with Crippen molar-refractivity contribution in [3.63, 3.8) is 0 Å². The molecule has 2 aliphatic rings. The zero-order valence-corrected chi connectivity index (χ0v) is 11.9. The lowest BCUT2D eigenvalue weighted by Crippen LogP contribution is -2.40. The van der Waals surface area contributed by atoms with E-state index < -0.39 is 15.3 Å². The van der Waals surface area contributed by atoms with E-state index in [-0.39, 0.29) is 18.9 Å². The molecule has 0 radical (unpaired) electrons. The van der Waals surface area contributed by atoms with Gasteiger partial charge >= 0.3 is 0 Å². The average Bonchev–Trinajstić information content (AvgIpc) is 2.69. The van der Waals surface area contributed by atoms with Gasteiger partial charge in [-0.25, -0.2) is 13.6 Å². The number of carbonyl (C=O) groups is 1. The number of rotatable bonds is 4. The highest BCUT2D eigenvalue weighted by Crippen LogP contribution is 2.16. The van der Waals surface area contributed by atoms with Gasteiger partial charge in [-0.05, 0) is 0 Å². The molecule has 8 heteroatoms. The minimum Gasteiger partial charge on any atom is -0.340 e. The molecule has 6 nitrogen and oxygen atoms in total. The van der Waals surface area contributed by atoms with Gasteiger partial charge in [-0.3, -0.25) is 9.69 Å². The van der Waals surface area contributed by atoms with Crippen molar-refractivity contribution in [2.75, 3.05) is 44.2 Å². The molecule has 1 amide bonds. The molecule has 0 aromatic heterocycles. The van der Waals surface area contributed by atoms with E-state index >= 15 is 0 Å². The molecule has 18 heavy (non-hydrogen) atoms. The van der Waals surface area contributed by atoms with Gasteiger partial charge in [0.1, 0.15) is 5.25 Å². The van der Waals surface area contributed by atoms with E-state index in [2.05, 4.69) is 4.90 Å². The summed E-state index contributed by atoms with van der Waals surface area (Å²) in [4.78, 5) is 15.6. The molecule has 104 valence electrons. The van der Waals surface area contributed by atoms with Gasteiger partial charge in [0.05, 0.1) is 0 Å². The third kappa shape index (κ3) is 3.59. The Balaban J connectivity index is 1.81. The summed E-state index contributed by atoms with van der Waals surface area (Å²) >= 11 is 1.94. The third-order valence-corrected chi connectivity index (χ3v) is 5.62. The molecular formula is C10H19N3O3S2. The monoisotopic (exact) mass is 293 g/mol. The quantitative estimate of drug-likeness (QED) is 0.713. The van der Waals surface area contributed by atoms with Crippen molar-refractivity contribution in [2.45, 2.75) is 11.7 Å². The fourth-order valence-electron chi connectivity index (χ4n) is 2.26. The standard InChI is InChI=1S/C10H19N3O3S2/c11-18(15,16)9-7-10(14)13(8-9)2-1-12-3-5-17-6-4-12/h9H,1-8H2,(H2,11,15,16). The van der Waals surface area contributed by atoms with Crippen molar-refractivity contribution < 1.29 is 13.2 Å². The van der Waals surface area contributed by atoms with E-state index in [1.54, 1.807) is 4.90 Å². The van der Waals surface area contributed by atoms with Gasteiger partial charge in [-0.2, -0.15) is 11.8 Å². The maximum absolute atomic E-state index is 11.7. The number of hydrogen-bond donors (Lipinski definition) is 1. The number of primary sulfonamides is 1. The molecule has 2 N–H and O–H groups in total. The topological polar surface area (TPSA) is 83.7 Å². The van der Waals surface area contributed by atoms with Gasteiger partial charge in [-0.1, -0.05) is 0 Å². The summed E-state index contributed by atoms with van der Waals surface area (Å²) in [5, 5.41) is 4.36. The first-order valence-corrected chi connectivity index (χ1v) is 8.83. The van der Waals surface area contributed by atoms with Crippen molar-refractivity contribution in [3.8, 4) is 0 Å². The van der Waals surface area contributed by atoms with Crippen LogP contribution in [-0.2, 0) is 14.8 Å². The minimum absolute atomic E-state index is 0.0364. The summed E-state index contributed by atoms with van der Waals surface area (Å²) in [6.07, 6.45) is 0.0364. The maximum Gasteiger partial charge on any atom is 0.224 e. The fraction of sp³-hybridized carbons (Fsp3) is 0.900. The molecular weight excluding hydrogens is 274 g/mol. The van der Waals surface area contributed by atoms with Crippen molar-refractivity contribution in [3.05, 3.63) is 0 Å². The Morgan fingerprint density at radius 2 is 1.94 bits per heavy atom. The van der Waals surface area contributed by atoms with Gasteiger partial charge < -0.3 is 4.90 Å². The number of hydrogen-bond acceptors (Lipinski definition) is 5. The van der Waals surface area contributed by atoms with E-state index in [0.29, 0.717) is 6.54 Å². The molecule has 1 unspecified atom stereocenters. The van der Waals surface area contributed by atoms with Crippen molar-refractivity contribution in [1.29, 1.82) is 0 Å². The van der Waals surface area contributed by atoms with Crippen LogP contribution in [0.4, 0.5) is 0 Å². The molecule has 0 bridgehead atoms. The summed E-state index contributed by atoms with van der Waals surface area (Å²) in [7, 11) is -3.59. The van der Waals surface area contributed by atoms with E-state index in [1.165, 1.54) is 0 Å². The Kier molecular flexibility index (Phi) is 4.52. The van der Waals surface area contributed by atoms with Crippen LogP contribution in [0.3, 0.4) is 0 Å². The number of likely N-dealkylation sites (tertiary alicyclic amines) is 1. The summed E-state index contributed by atoms with van der Waals surface area (Å²) in [5.74, 6) is 2.17. The molecule has 0 aromatic rings. The third-order valence-electron chi connectivity index (χ3n) is 3.43. The molecule has 0 spiro atoms. The number of nitrogens with two attached hydrogens (primary N) is 1. The largest absolute Gasteiger partial charge is 0.340 e. The first-order chi connectivity index (χ1) is 8.47. The SMILES string of the molecule is NS(=O)(=O)C1CC(=O)N(CCN2CCSCC2)C1. The number of sulfonamides is 1. The highest BCUT2D eigenvalue weighted by atomic mass is 32.2. The lowest BCUT2D eigenvalue weighted by molar-refractivity contribution is -0.127. The molecule has 2 aliphatic heterocycles. The molecule has 0 saturated carbocycles. The molecule has 2 saturated heterocycles. The van der Waals surface area contributed by atoms with Gasteiger partial charge in [0.15, 0.2) is 0 Å². The summed E-state index contributed by atoms with van der Waals surface area (Å²) < 4.78 is 22.4. The second-order valence-electron chi connectivity index (χ2n) is 4.71. The Morgan fingerprint density at radius 1 is 1.28 bits per heavy atom. The summed E-state index contributed by atoms with van der Waals surface area (Å²) in [6, 6.07) is 0. The van der Waals surface area contributed by atoms with Crippen LogP contribution in [0.25, 0.3) is 0 Å². The Labute approximate surface area is 112 Å². The summed E-state index contributed by atoms with van der Waals surface area (Å²) in [5.41, 5.74) is 0. The zero-order chi connectivity index (χ0) is 13.2. The number of thioether (sulfide) groups is 1. The molecule has 0 aromatic carbocycles. The number of nitrogens with zero attached hydrogens (tertiary/aromatic N) is 2. The van der Waals surface area contributed by atoms with Crippen LogP contribution in [0, 0.1) is 0 Å². The lowest BCUT2D eigenvalue weighted by atomic mass is 10.4. The van der Waals surface area contributed by atoms with Gasteiger partial charge in [0.25, 0.3) is 0 Å². The molecule has 2 fully saturated rings. The predicted octanol–water partition coefficient (Wildman–Crippen LogP) is -1.08. The first kappa shape index (κ1) is 14.1. The van der Waals surface area contributed by atoms with Crippen LogP contribution in [0.1, 0.15) is 6.42 Å². The highest BCUT2D eigenvalue weighted by molar-refractivity contribution is 7.99. The van der Waals surface area contributed by atoms with E-state index in [9.17, 15) is 13.2 Å². The van der Waals surface area contributed by atoms with Crippen LogP contribution in [0.5, 0.6) is 0 Å². The van der Waals surface area contributed by atoms with Gasteiger partial charge in [-0.15, -0.1) is 0 Å². The highest BCUT2D eigenvalue weighted by Gasteiger charge is 2.36. The lowest BCUT2D eigenvalue weighted by Gasteiger charge is -2.28. The molecule has 2 rings (SSSR count). The number of carbonyl (C=O) groups excluding carboxylic acids is 1. The van der Waals surface area contributed by atoms with Crippen molar-refractivity contribution in [1.82, 2.24) is 9.80 Å². The Morgan fingerprint density at radius 3 is 2.50 bits per heavy atom. The van der Waals surface area contributed by atoms with Crippen molar-refractivity contribution in [2.24, 2.45) is 5.14 Å². The van der Waals surface area contributed by atoms with Crippen LogP contribution >= 0.6 is 11.8 Å². The smallest absolute Gasteiger partial charge is 0.224 e. The average molecular weight is 293 g/mol. The van der Waals surface area contributed by atoms with Crippen molar-refractivity contribution >= 4 is 27.7 Å².